The van der Waals surface area contributed by atoms with Crippen LogP contribution in [0.5, 0.6) is 0 Å². The molecule has 6 rings (SSSR count). The second-order valence-corrected chi connectivity index (χ2v) is 16.9. The first-order chi connectivity index (χ1) is 18.3. The second kappa shape index (κ2) is 8.95. The summed E-state index contributed by atoms with van der Waals surface area (Å²) in [5, 5.41) is 21.7. The highest BCUT2D eigenvalue weighted by Gasteiger charge is 2.75. The Morgan fingerprint density at radius 1 is 0.846 bits per heavy atom. The number of hydrogen-bond acceptors (Lipinski definition) is 3. The van der Waals surface area contributed by atoms with Crippen molar-refractivity contribution in [3.05, 3.63) is 0 Å². The zero-order valence-electron chi connectivity index (χ0n) is 26.0. The summed E-state index contributed by atoms with van der Waals surface area (Å²) in [7, 11) is 0. The molecule has 222 valence electrons. The highest BCUT2D eigenvalue weighted by atomic mass is 16.6. The van der Waals surface area contributed by atoms with Crippen LogP contribution < -0.4 is 0 Å². The molecule has 4 nitrogen and oxygen atoms in total. The summed E-state index contributed by atoms with van der Waals surface area (Å²) in [6.45, 7) is 15.3. The van der Waals surface area contributed by atoms with Gasteiger partial charge in [-0.05, 0) is 117 Å². The Kier molecular flexibility index (Phi) is 6.54. The Morgan fingerprint density at radius 3 is 2.28 bits per heavy atom. The molecule has 4 heteroatoms. The predicted molar refractivity (Wildman–Crippen MR) is 155 cm³/mol. The summed E-state index contributed by atoms with van der Waals surface area (Å²) >= 11 is 0. The monoisotopic (exact) mass is 542 g/mol. The van der Waals surface area contributed by atoms with Gasteiger partial charge in [-0.15, -0.1) is 0 Å². The van der Waals surface area contributed by atoms with Crippen molar-refractivity contribution in [1.29, 1.82) is 0 Å². The van der Waals surface area contributed by atoms with Gasteiger partial charge in [0, 0.05) is 17.8 Å². The molecule has 0 amide bonds. The molecule has 5 saturated carbocycles. The number of fused-ring (bicyclic) bond motifs is 7. The van der Waals surface area contributed by atoms with E-state index < -0.39 is 17.2 Å². The summed E-state index contributed by atoms with van der Waals surface area (Å²) in [4.78, 5) is 12.6. The Balaban J connectivity index is 1.41. The van der Waals surface area contributed by atoms with Crippen LogP contribution >= 0.6 is 0 Å². The summed E-state index contributed by atoms with van der Waals surface area (Å²) in [5.74, 6) is 0.563. The van der Waals surface area contributed by atoms with Crippen LogP contribution in [0.15, 0.2) is 0 Å². The van der Waals surface area contributed by atoms with Gasteiger partial charge in [0.1, 0.15) is 0 Å². The van der Waals surface area contributed by atoms with Gasteiger partial charge in [0.05, 0.1) is 12.0 Å². The Hall–Kier alpha value is -0.610. The van der Waals surface area contributed by atoms with Gasteiger partial charge in [0.15, 0.2) is 5.79 Å². The maximum Gasteiger partial charge on any atom is 0.309 e. The molecule has 1 spiro atoms. The van der Waals surface area contributed by atoms with E-state index in [0.717, 1.165) is 38.7 Å². The third kappa shape index (κ3) is 3.58. The van der Waals surface area contributed by atoms with Gasteiger partial charge in [-0.3, -0.25) is 4.79 Å². The van der Waals surface area contributed by atoms with Gasteiger partial charge >= 0.3 is 5.97 Å². The van der Waals surface area contributed by atoms with Crippen molar-refractivity contribution in [2.24, 2.45) is 56.2 Å². The molecule has 11 atom stereocenters. The fourth-order valence-corrected chi connectivity index (χ4v) is 13.1. The zero-order valence-corrected chi connectivity index (χ0v) is 26.0. The van der Waals surface area contributed by atoms with Crippen molar-refractivity contribution in [3.8, 4) is 0 Å². The van der Waals surface area contributed by atoms with E-state index in [4.69, 9.17) is 4.74 Å². The zero-order chi connectivity index (χ0) is 28.1. The standard InChI is InChI=1S/C35H58O4/c1-7-8-9-10-13-34-21-19-31(5)25(11-14-33-23-39-35(38,24(33)2)15-12-26(31)33)32(34,6)20-18-29(3)16-17-30(4,28(36)37)22-27(29)34/h24-27,38H,7-23H2,1-6H3,(H,36,37). The van der Waals surface area contributed by atoms with Crippen molar-refractivity contribution in [1.82, 2.24) is 0 Å². The smallest absolute Gasteiger partial charge is 0.309 e. The number of hydrogen-bond donors (Lipinski definition) is 2. The molecule has 5 aliphatic carbocycles. The number of carboxylic acids is 1. The Bertz CT molecular complexity index is 995. The van der Waals surface area contributed by atoms with Crippen LogP contribution in [0, 0.1) is 56.2 Å². The van der Waals surface area contributed by atoms with Crippen LogP contribution in [0.2, 0.25) is 0 Å². The molecule has 0 aromatic carbocycles. The van der Waals surface area contributed by atoms with Crippen LogP contribution in [0.1, 0.15) is 144 Å². The number of carboxylic acid groups (broad SMARTS) is 1. The van der Waals surface area contributed by atoms with Gasteiger partial charge in [-0.2, -0.15) is 0 Å². The molecule has 11 unspecified atom stereocenters. The average Bonchev–Trinajstić information content (AvgIpc) is 3.03. The van der Waals surface area contributed by atoms with E-state index in [9.17, 15) is 15.0 Å². The second-order valence-electron chi connectivity index (χ2n) is 16.9. The number of aliphatic hydroxyl groups is 1. The first kappa shape index (κ1) is 28.5. The first-order valence-electron chi connectivity index (χ1n) is 16.9. The maximum absolute atomic E-state index is 12.6. The fourth-order valence-electron chi connectivity index (χ4n) is 13.1. The molecule has 6 aliphatic rings. The number of rotatable bonds is 6. The highest BCUT2D eigenvalue weighted by Crippen LogP contribution is 2.80. The first-order valence-corrected chi connectivity index (χ1v) is 16.9. The molecule has 1 aliphatic heterocycles. The minimum atomic E-state index is -0.905. The predicted octanol–water partition coefficient (Wildman–Crippen LogP) is 8.60. The van der Waals surface area contributed by atoms with Crippen molar-refractivity contribution in [2.75, 3.05) is 6.61 Å². The lowest BCUT2D eigenvalue weighted by molar-refractivity contribution is -0.274. The molecular weight excluding hydrogens is 484 g/mol. The van der Waals surface area contributed by atoms with E-state index in [2.05, 4.69) is 41.5 Å². The van der Waals surface area contributed by atoms with Crippen LogP contribution in [0.4, 0.5) is 0 Å². The van der Waals surface area contributed by atoms with Gasteiger partial charge in [0.25, 0.3) is 0 Å². The average molecular weight is 543 g/mol. The minimum absolute atomic E-state index is 0.131. The summed E-state index contributed by atoms with van der Waals surface area (Å²) in [5.41, 5.74) is 0.601. The van der Waals surface area contributed by atoms with E-state index in [1.807, 2.05) is 0 Å². The highest BCUT2D eigenvalue weighted by molar-refractivity contribution is 5.74. The normalized spacial score (nSPS) is 56.2. The quantitative estimate of drug-likeness (QED) is 0.330. The molecule has 2 bridgehead atoms. The Labute approximate surface area is 238 Å². The summed E-state index contributed by atoms with van der Waals surface area (Å²) in [6.07, 6.45) is 18.7. The fraction of sp³-hybridized carbons (Fsp3) is 0.971. The third-order valence-corrected chi connectivity index (χ3v) is 15.7. The van der Waals surface area contributed by atoms with E-state index in [0.29, 0.717) is 17.8 Å². The summed E-state index contributed by atoms with van der Waals surface area (Å²) < 4.78 is 6.22. The van der Waals surface area contributed by atoms with Gasteiger partial charge in [0.2, 0.25) is 0 Å². The molecule has 0 aromatic heterocycles. The molecular formula is C35H58O4. The van der Waals surface area contributed by atoms with Gasteiger partial charge in [-0.1, -0.05) is 60.3 Å². The van der Waals surface area contributed by atoms with Crippen molar-refractivity contribution < 1.29 is 19.7 Å². The number of ether oxygens (including phenoxy) is 1. The van der Waals surface area contributed by atoms with Crippen LogP contribution in [0.3, 0.4) is 0 Å². The number of unbranched alkanes of at least 4 members (excludes halogenated alkanes) is 3. The van der Waals surface area contributed by atoms with E-state index in [1.165, 1.54) is 70.6 Å². The molecule has 0 radical (unpaired) electrons. The van der Waals surface area contributed by atoms with Crippen molar-refractivity contribution in [3.63, 3.8) is 0 Å². The Morgan fingerprint density at radius 2 is 1.56 bits per heavy atom. The van der Waals surface area contributed by atoms with E-state index >= 15 is 0 Å². The lowest BCUT2D eigenvalue weighted by atomic mass is 9.29. The lowest BCUT2D eigenvalue weighted by Crippen LogP contribution is -2.69. The summed E-state index contributed by atoms with van der Waals surface area (Å²) in [6, 6.07) is 0. The van der Waals surface area contributed by atoms with Crippen LogP contribution in [-0.4, -0.2) is 28.6 Å². The molecule has 0 aromatic rings. The van der Waals surface area contributed by atoms with Crippen LogP contribution in [-0.2, 0) is 9.53 Å². The van der Waals surface area contributed by atoms with E-state index in [1.54, 1.807) is 0 Å². The maximum atomic E-state index is 12.6. The van der Waals surface area contributed by atoms with Crippen LogP contribution in [0.25, 0.3) is 0 Å². The topological polar surface area (TPSA) is 66.8 Å². The molecule has 6 fully saturated rings. The van der Waals surface area contributed by atoms with Gasteiger partial charge in [-0.25, -0.2) is 0 Å². The van der Waals surface area contributed by atoms with Gasteiger partial charge < -0.3 is 14.9 Å². The van der Waals surface area contributed by atoms with Crippen molar-refractivity contribution >= 4 is 5.97 Å². The number of carbonyl (C=O) groups is 1. The lowest BCUT2D eigenvalue weighted by Gasteiger charge is -2.75. The molecule has 39 heavy (non-hydrogen) atoms. The molecule has 2 N–H and O–H groups in total. The number of aliphatic carboxylic acids is 1. The van der Waals surface area contributed by atoms with Crippen molar-refractivity contribution in [2.45, 2.75) is 150 Å². The molecule has 1 heterocycles. The van der Waals surface area contributed by atoms with E-state index in [-0.39, 0.29) is 33.0 Å². The molecule has 1 saturated heterocycles. The largest absolute Gasteiger partial charge is 0.481 e. The SMILES string of the molecule is CCCCCCC12CCC3(C)C4CCC5(O)OCC4(CCC3C1(C)CCC1(C)CCC(C)(C(=O)O)CC12)C5C. The third-order valence-electron chi connectivity index (χ3n) is 15.7. The minimum Gasteiger partial charge on any atom is -0.481 e.